The molecule has 2 amide bonds. The van der Waals surface area contributed by atoms with E-state index in [1.807, 2.05) is 30.3 Å². The van der Waals surface area contributed by atoms with Crippen LogP contribution in [0.25, 0.3) is 0 Å². The third-order valence-corrected chi connectivity index (χ3v) is 3.43. The van der Waals surface area contributed by atoms with E-state index in [9.17, 15) is 9.59 Å². The van der Waals surface area contributed by atoms with Gasteiger partial charge in [0.25, 0.3) is 5.91 Å². The monoisotopic (exact) mass is 331 g/mol. The van der Waals surface area contributed by atoms with Crippen molar-refractivity contribution in [3.63, 3.8) is 0 Å². The van der Waals surface area contributed by atoms with Crippen molar-refractivity contribution in [3.05, 3.63) is 65.2 Å². The molecule has 120 valence electrons. The fourth-order valence-corrected chi connectivity index (χ4v) is 2.08. The van der Waals surface area contributed by atoms with Gasteiger partial charge in [0.1, 0.15) is 0 Å². The zero-order valence-corrected chi connectivity index (χ0v) is 13.5. The molecule has 0 aliphatic rings. The van der Waals surface area contributed by atoms with Crippen molar-refractivity contribution in [1.29, 1.82) is 0 Å². The molecule has 0 saturated heterocycles. The van der Waals surface area contributed by atoms with E-state index in [4.69, 9.17) is 11.6 Å². The quantitative estimate of drug-likeness (QED) is 0.800. The van der Waals surface area contributed by atoms with Gasteiger partial charge in [0.2, 0.25) is 5.91 Å². The lowest BCUT2D eigenvalue weighted by atomic mass is 10.2. The molecule has 0 unspecified atom stereocenters. The second-order valence-corrected chi connectivity index (χ2v) is 5.38. The lowest BCUT2D eigenvalue weighted by molar-refractivity contribution is -0.121. The summed E-state index contributed by atoms with van der Waals surface area (Å²) in [6, 6.07) is 16.1. The van der Waals surface area contributed by atoms with E-state index in [1.165, 1.54) is 0 Å². The van der Waals surface area contributed by atoms with E-state index in [0.29, 0.717) is 10.6 Å². The van der Waals surface area contributed by atoms with Crippen molar-refractivity contribution in [2.24, 2.45) is 0 Å². The Morgan fingerprint density at radius 1 is 1.04 bits per heavy atom. The smallest absolute Gasteiger partial charge is 0.251 e. The Morgan fingerprint density at radius 2 is 1.70 bits per heavy atom. The van der Waals surface area contributed by atoms with Gasteiger partial charge >= 0.3 is 0 Å². The van der Waals surface area contributed by atoms with Gasteiger partial charge in [-0.05, 0) is 36.4 Å². The number of halogens is 1. The highest BCUT2D eigenvalue weighted by molar-refractivity contribution is 6.30. The maximum Gasteiger partial charge on any atom is 0.251 e. The van der Waals surface area contributed by atoms with Gasteiger partial charge < -0.3 is 5.32 Å². The number of para-hydroxylation sites is 1. The zero-order chi connectivity index (χ0) is 16.7. The van der Waals surface area contributed by atoms with E-state index in [-0.39, 0.29) is 24.8 Å². The molecule has 2 N–H and O–H groups in total. The lowest BCUT2D eigenvalue weighted by Gasteiger charge is -2.20. The maximum absolute atomic E-state index is 11.9. The molecule has 0 aliphatic carbocycles. The first kappa shape index (κ1) is 16.8. The van der Waals surface area contributed by atoms with E-state index in [1.54, 1.807) is 36.3 Å². The fourth-order valence-electron chi connectivity index (χ4n) is 1.95. The number of amides is 2. The molecule has 2 rings (SSSR count). The molecule has 0 aliphatic heterocycles. The van der Waals surface area contributed by atoms with Crippen molar-refractivity contribution < 1.29 is 9.59 Å². The Labute approximate surface area is 140 Å². The summed E-state index contributed by atoms with van der Waals surface area (Å²) in [4.78, 5) is 23.8. The number of nitrogens with one attached hydrogen (secondary N) is 2. The highest BCUT2D eigenvalue weighted by Crippen LogP contribution is 2.09. The van der Waals surface area contributed by atoms with Gasteiger partial charge in [-0.25, -0.2) is 0 Å². The topological polar surface area (TPSA) is 61.4 Å². The summed E-state index contributed by atoms with van der Waals surface area (Å²) >= 11 is 5.77. The molecular weight excluding hydrogens is 314 g/mol. The molecule has 0 bridgehead atoms. The summed E-state index contributed by atoms with van der Waals surface area (Å²) in [5.41, 5.74) is 4.13. The van der Waals surface area contributed by atoms with Gasteiger partial charge in [-0.15, -0.1) is 0 Å². The summed E-state index contributed by atoms with van der Waals surface area (Å²) in [7, 11) is 1.76. The molecule has 0 heterocycles. The molecule has 0 aromatic heterocycles. The number of nitrogens with zero attached hydrogens (tertiary/aromatic N) is 1. The van der Waals surface area contributed by atoms with E-state index < -0.39 is 0 Å². The van der Waals surface area contributed by atoms with Crippen LogP contribution in [-0.4, -0.2) is 25.4 Å². The Bertz CT molecular complexity index is 659. The number of anilines is 1. The highest BCUT2D eigenvalue weighted by Gasteiger charge is 2.08. The predicted molar refractivity (Wildman–Crippen MR) is 91.4 cm³/mol. The summed E-state index contributed by atoms with van der Waals surface area (Å²) < 4.78 is 0. The van der Waals surface area contributed by atoms with Crippen LogP contribution < -0.4 is 15.8 Å². The van der Waals surface area contributed by atoms with Crippen molar-refractivity contribution in [2.75, 3.05) is 18.6 Å². The van der Waals surface area contributed by atoms with Crippen LogP contribution in [0.5, 0.6) is 0 Å². The van der Waals surface area contributed by atoms with Gasteiger partial charge in [0.15, 0.2) is 0 Å². The molecular formula is C17H18ClN3O2. The summed E-state index contributed by atoms with van der Waals surface area (Å²) in [6.45, 7) is 0.260. The minimum atomic E-state index is -0.231. The predicted octanol–water partition coefficient (Wildman–Crippen LogP) is 2.63. The first-order chi connectivity index (χ1) is 11.1. The number of benzene rings is 2. The second kappa shape index (κ2) is 8.19. The van der Waals surface area contributed by atoms with Crippen molar-refractivity contribution in [2.45, 2.75) is 6.42 Å². The van der Waals surface area contributed by atoms with Crippen LogP contribution in [0.3, 0.4) is 0 Å². The number of rotatable bonds is 6. The average molecular weight is 332 g/mol. The van der Waals surface area contributed by atoms with Gasteiger partial charge in [-0.2, -0.15) is 0 Å². The van der Waals surface area contributed by atoms with Crippen LogP contribution in [0.1, 0.15) is 16.8 Å². The zero-order valence-electron chi connectivity index (χ0n) is 12.8. The number of hydrogen-bond donors (Lipinski definition) is 2. The van der Waals surface area contributed by atoms with Crippen molar-refractivity contribution >= 4 is 29.1 Å². The third kappa shape index (κ3) is 5.30. The number of carbonyl (C=O) groups is 2. The van der Waals surface area contributed by atoms with Crippen LogP contribution in [0.4, 0.5) is 5.69 Å². The van der Waals surface area contributed by atoms with E-state index >= 15 is 0 Å². The average Bonchev–Trinajstić information content (AvgIpc) is 2.56. The molecule has 0 spiro atoms. The van der Waals surface area contributed by atoms with Crippen LogP contribution >= 0.6 is 11.6 Å². The third-order valence-electron chi connectivity index (χ3n) is 3.18. The molecule has 6 heteroatoms. The lowest BCUT2D eigenvalue weighted by Crippen LogP contribution is -2.40. The SMILES string of the molecule is CN(NC(=O)CCNC(=O)c1ccc(Cl)cc1)c1ccccc1. The fraction of sp³-hybridized carbons (Fsp3) is 0.176. The van der Waals surface area contributed by atoms with Crippen LogP contribution in [-0.2, 0) is 4.79 Å². The molecule has 2 aromatic rings. The molecule has 0 saturated carbocycles. The Balaban J connectivity index is 1.74. The van der Waals surface area contributed by atoms with Crippen molar-refractivity contribution in [3.8, 4) is 0 Å². The van der Waals surface area contributed by atoms with Gasteiger partial charge in [-0.3, -0.25) is 20.0 Å². The number of hydrazine groups is 1. The number of hydrogen-bond acceptors (Lipinski definition) is 3. The first-order valence-corrected chi connectivity index (χ1v) is 7.56. The molecule has 23 heavy (non-hydrogen) atoms. The van der Waals surface area contributed by atoms with Gasteiger partial charge in [0, 0.05) is 30.6 Å². The maximum atomic E-state index is 11.9. The Hall–Kier alpha value is -2.53. The molecule has 0 atom stereocenters. The first-order valence-electron chi connectivity index (χ1n) is 7.18. The summed E-state index contributed by atoms with van der Waals surface area (Å²) in [5.74, 6) is -0.404. The van der Waals surface area contributed by atoms with E-state index in [2.05, 4.69) is 10.7 Å². The van der Waals surface area contributed by atoms with Crippen LogP contribution in [0.15, 0.2) is 54.6 Å². The molecule has 2 aromatic carbocycles. The summed E-state index contributed by atoms with van der Waals surface area (Å²) in [6.07, 6.45) is 0.191. The van der Waals surface area contributed by atoms with E-state index in [0.717, 1.165) is 5.69 Å². The Morgan fingerprint density at radius 3 is 2.35 bits per heavy atom. The molecule has 5 nitrogen and oxygen atoms in total. The minimum absolute atomic E-state index is 0.173. The largest absolute Gasteiger partial charge is 0.352 e. The van der Waals surface area contributed by atoms with Crippen LogP contribution in [0.2, 0.25) is 5.02 Å². The van der Waals surface area contributed by atoms with Gasteiger partial charge in [-0.1, -0.05) is 29.8 Å². The molecule has 0 radical (unpaired) electrons. The minimum Gasteiger partial charge on any atom is -0.352 e. The van der Waals surface area contributed by atoms with Crippen LogP contribution in [0, 0.1) is 0 Å². The standard InChI is InChI=1S/C17H18ClN3O2/c1-21(15-5-3-2-4-6-15)20-16(22)11-12-19-17(23)13-7-9-14(18)10-8-13/h2-10H,11-12H2,1H3,(H,19,23)(H,20,22). The summed E-state index contributed by atoms with van der Waals surface area (Å²) in [5, 5.41) is 4.92. The normalized spacial score (nSPS) is 10.0. The van der Waals surface area contributed by atoms with Gasteiger partial charge in [0.05, 0.1) is 5.69 Å². The highest BCUT2D eigenvalue weighted by atomic mass is 35.5. The Kier molecular flexibility index (Phi) is 6.00. The second-order valence-electron chi connectivity index (χ2n) is 4.94. The molecule has 0 fully saturated rings. The number of carbonyl (C=O) groups excluding carboxylic acids is 2. The van der Waals surface area contributed by atoms with Crippen molar-refractivity contribution in [1.82, 2.24) is 10.7 Å².